The van der Waals surface area contributed by atoms with Crippen LogP contribution in [0, 0.1) is 11.6 Å². The lowest BCUT2D eigenvalue weighted by Crippen LogP contribution is -2.01. The maximum absolute atomic E-state index is 13.1. The number of halogens is 3. The second-order valence-corrected chi connectivity index (χ2v) is 4.03. The molecule has 1 N–H and O–H groups in total. The van der Waals surface area contributed by atoms with Crippen LogP contribution in [-0.2, 0) is 0 Å². The van der Waals surface area contributed by atoms with Crippen LogP contribution in [0.2, 0.25) is 5.02 Å². The van der Waals surface area contributed by atoms with Gasteiger partial charge in [0.15, 0.2) is 0 Å². The number of benzene rings is 2. The Labute approximate surface area is 106 Å². The fourth-order valence-corrected chi connectivity index (χ4v) is 1.95. The van der Waals surface area contributed by atoms with Crippen molar-refractivity contribution in [1.82, 2.24) is 0 Å². The largest absolute Gasteiger partial charge is 0.478 e. The van der Waals surface area contributed by atoms with Crippen LogP contribution < -0.4 is 0 Å². The zero-order valence-electron chi connectivity index (χ0n) is 8.95. The molecule has 5 heteroatoms. The predicted molar refractivity (Wildman–Crippen MR) is 63.8 cm³/mol. The van der Waals surface area contributed by atoms with E-state index < -0.39 is 17.6 Å². The van der Waals surface area contributed by atoms with Gasteiger partial charge in [0.25, 0.3) is 0 Å². The van der Waals surface area contributed by atoms with Crippen molar-refractivity contribution in [3.8, 4) is 11.1 Å². The number of hydrogen-bond acceptors (Lipinski definition) is 1. The lowest BCUT2D eigenvalue weighted by molar-refractivity contribution is 0.0698. The minimum atomic E-state index is -1.25. The van der Waals surface area contributed by atoms with Gasteiger partial charge in [0.2, 0.25) is 0 Å². The van der Waals surface area contributed by atoms with Crippen LogP contribution >= 0.6 is 11.6 Å². The quantitative estimate of drug-likeness (QED) is 0.894. The van der Waals surface area contributed by atoms with Crippen molar-refractivity contribution in [2.24, 2.45) is 0 Å². The zero-order chi connectivity index (χ0) is 13.3. The highest BCUT2D eigenvalue weighted by Crippen LogP contribution is 2.30. The fraction of sp³-hybridized carbons (Fsp3) is 0. The van der Waals surface area contributed by atoms with Gasteiger partial charge in [-0.3, -0.25) is 0 Å². The topological polar surface area (TPSA) is 37.3 Å². The smallest absolute Gasteiger partial charge is 0.337 e. The number of carboxylic acids is 1. The molecular formula is C13H7ClF2O2. The SMILES string of the molecule is O=C(O)c1c(Cl)cccc1-c1cc(F)cc(F)c1. The Morgan fingerprint density at radius 3 is 2.28 bits per heavy atom. The average molecular weight is 269 g/mol. The Kier molecular flexibility index (Phi) is 3.30. The summed E-state index contributed by atoms with van der Waals surface area (Å²) >= 11 is 5.79. The summed E-state index contributed by atoms with van der Waals surface area (Å²) in [6, 6.07) is 7.21. The van der Waals surface area contributed by atoms with E-state index in [-0.39, 0.29) is 21.7 Å². The lowest BCUT2D eigenvalue weighted by Gasteiger charge is -2.08. The van der Waals surface area contributed by atoms with Crippen molar-refractivity contribution >= 4 is 17.6 Å². The van der Waals surface area contributed by atoms with E-state index in [9.17, 15) is 13.6 Å². The maximum Gasteiger partial charge on any atom is 0.337 e. The van der Waals surface area contributed by atoms with Crippen molar-refractivity contribution in [3.63, 3.8) is 0 Å². The maximum atomic E-state index is 13.1. The standard InChI is InChI=1S/C13H7ClF2O2/c14-11-3-1-2-10(12(11)13(17)18)7-4-8(15)6-9(16)5-7/h1-6H,(H,17,18). The minimum Gasteiger partial charge on any atom is -0.478 e. The highest BCUT2D eigenvalue weighted by atomic mass is 35.5. The van der Waals surface area contributed by atoms with E-state index in [1.54, 1.807) is 0 Å². The molecule has 0 unspecified atom stereocenters. The van der Waals surface area contributed by atoms with Crippen molar-refractivity contribution in [2.75, 3.05) is 0 Å². The van der Waals surface area contributed by atoms with Gasteiger partial charge >= 0.3 is 5.97 Å². The highest BCUT2D eigenvalue weighted by Gasteiger charge is 2.16. The molecule has 18 heavy (non-hydrogen) atoms. The summed E-state index contributed by atoms with van der Waals surface area (Å²) in [5.74, 6) is -2.80. The number of carboxylic acid groups (broad SMARTS) is 1. The van der Waals surface area contributed by atoms with Crippen molar-refractivity contribution in [2.45, 2.75) is 0 Å². The molecule has 0 saturated carbocycles. The molecule has 2 rings (SSSR count). The first-order valence-electron chi connectivity index (χ1n) is 4.97. The van der Waals surface area contributed by atoms with E-state index in [2.05, 4.69) is 0 Å². The summed E-state index contributed by atoms with van der Waals surface area (Å²) in [6.07, 6.45) is 0. The van der Waals surface area contributed by atoms with Crippen LogP contribution in [0.3, 0.4) is 0 Å². The predicted octanol–water partition coefficient (Wildman–Crippen LogP) is 3.98. The molecule has 0 aliphatic carbocycles. The van der Waals surface area contributed by atoms with E-state index in [4.69, 9.17) is 16.7 Å². The molecule has 0 fully saturated rings. The number of carbonyl (C=O) groups is 1. The average Bonchev–Trinajstić information content (AvgIpc) is 2.26. The Balaban J connectivity index is 2.71. The van der Waals surface area contributed by atoms with Gasteiger partial charge in [0.1, 0.15) is 11.6 Å². The van der Waals surface area contributed by atoms with Gasteiger partial charge in [-0.05, 0) is 29.3 Å². The van der Waals surface area contributed by atoms with Gasteiger partial charge in [-0.25, -0.2) is 13.6 Å². The molecule has 2 nitrogen and oxygen atoms in total. The molecule has 0 aliphatic rings. The van der Waals surface area contributed by atoms with E-state index in [0.29, 0.717) is 6.07 Å². The summed E-state index contributed by atoms with van der Waals surface area (Å²) < 4.78 is 26.3. The van der Waals surface area contributed by atoms with Crippen LogP contribution in [-0.4, -0.2) is 11.1 Å². The molecule has 0 radical (unpaired) electrons. The third kappa shape index (κ3) is 2.33. The van der Waals surface area contributed by atoms with Gasteiger partial charge in [-0.2, -0.15) is 0 Å². The second kappa shape index (κ2) is 4.74. The molecule has 0 atom stereocenters. The van der Waals surface area contributed by atoms with Crippen LogP contribution in [0.15, 0.2) is 36.4 Å². The van der Waals surface area contributed by atoms with Gasteiger partial charge in [0, 0.05) is 6.07 Å². The van der Waals surface area contributed by atoms with Crippen molar-refractivity contribution in [3.05, 3.63) is 58.6 Å². The molecule has 0 heterocycles. The monoisotopic (exact) mass is 268 g/mol. The summed E-state index contributed by atoms with van der Waals surface area (Å²) in [7, 11) is 0. The van der Waals surface area contributed by atoms with Gasteiger partial charge in [0.05, 0.1) is 10.6 Å². The molecule has 0 amide bonds. The molecule has 92 valence electrons. The summed E-state index contributed by atoms with van der Waals surface area (Å²) in [5, 5.41) is 9.09. The van der Waals surface area contributed by atoms with Gasteiger partial charge in [-0.1, -0.05) is 23.7 Å². The molecule has 2 aromatic carbocycles. The minimum absolute atomic E-state index is 0.0182. The Morgan fingerprint density at radius 1 is 1.11 bits per heavy atom. The summed E-state index contributed by atoms with van der Waals surface area (Å²) in [5.41, 5.74) is 0.130. The van der Waals surface area contributed by atoms with Crippen LogP contribution in [0.25, 0.3) is 11.1 Å². The number of rotatable bonds is 2. The Bertz CT molecular complexity index is 606. The van der Waals surface area contributed by atoms with E-state index in [1.807, 2.05) is 0 Å². The summed E-state index contributed by atoms with van der Waals surface area (Å²) in [6.45, 7) is 0. The van der Waals surface area contributed by atoms with E-state index in [1.165, 1.54) is 18.2 Å². The molecule has 0 saturated heterocycles. The zero-order valence-corrected chi connectivity index (χ0v) is 9.71. The van der Waals surface area contributed by atoms with Gasteiger partial charge in [-0.15, -0.1) is 0 Å². The first-order valence-corrected chi connectivity index (χ1v) is 5.35. The Morgan fingerprint density at radius 2 is 1.72 bits per heavy atom. The van der Waals surface area contributed by atoms with Crippen LogP contribution in [0.4, 0.5) is 8.78 Å². The van der Waals surface area contributed by atoms with Crippen molar-refractivity contribution < 1.29 is 18.7 Å². The first kappa shape index (κ1) is 12.5. The molecule has 0 spiro atoms. The molecule has 0 bridgehead atoms. The van der Waals surface area contributed by atoms with Gasteiger partial charge < -0.3 is 5.11 Å². The van der Waals surface area contributed by atoms with E-state index in [0.717, 1.165) is 12.1 Å². The molecule has 0 aliphatic heterocycles. The first-order chi connectivity index (χ1) is 8.49. The molecule has 0 aromatic heterocycles. The molecule has 2 aromatic rings. The highest BCUT2D eigenvalue weighted by molar-refractivity contribution is 6.34. The van der Waals surface area contributed by atoms with E-state index >= 15 is 0 Å². The second-order valence-electron chi connectivity index (χ2n) is 3.63. The summed E-state index contributed by atoms with van der Waals surface area (Å²) in [4.78, 5) is 11.1. The molecular weight excluding hydrogens is 262 g/mol. The lowest BCUT2D eigenvalue weighted by atomic mass is 9.99. The number of aromatic carboxylic acids is 1. The van der Waals surface area contributed by atoms with Crippen LogP contribution in [0.1, 0.15) is 10.4 Å². The van der Waals surface area contributed by atoms with Crippen molar-refractivity contribution in [1.29, 1.82) is 0 Å². The third-order valence-corrected chi connectivity index (χ3v) is 2.72. The van der Waals surface area contributed by atoms with Crippen LogP contribution in [0.5, 0.6) is 0 Å². The normalized spacial score (nSPS) is 10.4. The Hall–Kier alpha value is -1.94. The number of hydrogen-bond donors (Lipinski definition) is 1. The fourth-order valence-electron chi connectivity index (χ4n) is 1.69. The third-order valence-electron chi connectivity index (χ3n) is 2.40.